The van der Waals surface area contributed by atoms with Gasteiger partial charge >= 0.3 is 0 Å². The molecule has 1 fully saturated rings. The molecule has 0 spiro atoms. The first-order valence-electron chi connectivity index (χ1n) is 7.20. The van der Waals surface area contributed by atoms with Crippen molar-refractivity contribution in [1.29, 1.82) is 0 Å². The molecule has 1 aliphatic rings. The predicted octanol–water partition coefficient (Wildman–Crippen LogP) is 5.70. The number of benzene rings is 1. The van der Waals surface area contributed by atoms with Gasteiger partial charge in [-0.2, -0.15) is 0 Å². The normalized spacial score (nSPS) is 24.6. The summed E-state index contributed by atoms with van der Waals surface area (Å²) in [6.45, 7) is 2.28. The average molecular weight is 246 g/mol. The molecule has 1 aliphatic carbocycles. The molecule has 1 heteroatoms. The minimum Gasteiger partial charge on any atom is -0.216 e. The summed E-state index contributed by atoms with van der Waals surface area (Å²) in [7, 11) is 0. The Bertz CT molecular complexity index is 369. The number of hydrogen-bond donors (Lipinski definition) is 0. The van der Waals surface area contributed by atoms with Crippen LogP contribution in [0, 0.1) is 5.92 Å². The predicted molar refractivity (Wildman–Crippen MR) is 76.2 cm³/mol. The van der Waals surface area contributed by atoms with Gasteiger partial charge in [-0.05, 0) is 54.7 Å². The third kappa shape index (κ3) is 3.44. The van der Waals surface area contributed by atoms with Crippen molar-refractivity contribution in [2.75, 3.05) is 0 Å². The molecule has 0 N–H and O–H groups in total. The monoisotopic (exact) mass is 246 g/mol. The Hall–Kier alpha value is -1.11. The van der Waals surface area contributed by atoms with Gasteiger partial charge in [-0.3, -0.25) is 0 Å². The average Bonchev–Trinajstić information content (AvgIpc) is 2.41. The van der Waals surface area contributed by atoms with Crippen LogP contribution in [-0.2, 0) is 0 Å². The quantitative estimate of drug-likeness (QED) is 0.639. The summed E-state index contributed by atoms with van der Waals surface area (Å²) in [6.07, 6.45) is 10.2. The standard InChI is InChI=1S/C17H23F/c1-2-3-14-4-8-16(9-5-14)17-10-6-15(7-11-17)12-13-18/h6-7,10-14,16H,2-5,8-9H2,1H3. The third-order valence-corrected chi connectivity index (χ3v) is 4.21. The molecule has 98 valence electrons. The molecule has 0 amide bonds. The van der Waals surface area contributed by atoms with E-state index in [0.29, 0.717) is 6.33 Å². The summed E-state index contributed by atoms with van der Waals surface area (Å²) in [6, 6.07) is 8.37. The van der Waals surface area contributed by atoms with Crippen LogP contribution in [0.3, 0.4) is 0 Å². The Morgan fingerprint density at radius 2 is 1.78 bits per heavy atom. The molecule has 1 aromatic rings. The molecule has 0 radical (unpaired) electrons. The first-order valence-corrected chi connectivity index (χ1v) is 7.20. The summed E-state index contributed by atoms with van der Waals surface area (Å²) < 4.78 is 12.1. The van der Waals surface area contributed by atoms with Crippen molar-refractivity contribution in [3.63, 3.8) is 0 Å². The van der Waals surface area contributed by atoms with Crippen molar-refractivity contribution in [3.8, 4) is 0 Å². The lowest BCUT2D eigenvalue weighted by molar-refractivity contribution is 0.308. The first-order chi connectivity index (χ1) is 8.83. The van der Waals surface area contributed by atoms with Gasteiger partial charge in [-0.25, -0.2) is 4.39 Å². The summed E-state index contributed by atoms with van der Waals surface area (Å²) >= 11 is 0. The Morgan fingerprint density at radius 1 is 1.11 bits per heavy atom. The Morgan fingerprint density at radius 3 is 2.33 bits per heavy atom. The zero-order valence-corrected chi connectivity index (χ0v) is 11.2. The van der Waals surface area contributed by atoms with Gasteiger partial charge in [0.25, 0.3) is 0 Å². The van der Waals surface area contributed by atoms with Crippen molar-refractivity contribution < 1.29 is 4.39 Å². The Balaban J connectivity index is 1.93. The Kier molecular flexibility index (Phi) is 4.98. The fourth-order valence-electron chi connectivity index (χ4n) is 3.14. The van der Waals surface area contributed by atoms with Crippen molar-refractivity contribution in [3.05, 3.63) is 41.7 Å². The summed E-state index contributed by atoms with van der Waals surface area (Å²) in [4.78, 5) is 0. The molecular weight excluding hydrogens is 223 g/mol. The summed E-state index contributed by atoms with van der Waals surface area (Å²) in [5, 5.41) is 0. The highest BCUT2D eigenvalue weighted by Crippen LogP contribution is 2.37. The van der Waals surface area contributed by atoms with Crippen molar-refractivity contribution in [2.24, 2.45) is 5.92 Å². The zero-order valence-electron chi connectivity index (χ0n) is 11.2. The van der Waals surface area contributed by atoms with E-state index < -0.39 is 0 Å². The molecular formula is C17H23F. The Labute approximate surface area is 110 Å². The second-order valence-corrected chi connectivity index (χ2v) is 5.47. The molecule has 18 heavy (non-hydrogen) atoms. The molecule has 0 unspecified atom stereocenters. The minimum absolute atomic E-state index is 0.602. The fourth-order valence-corrected chi connectivity index (χ4v) is 3.14. The highest BCUT2D eigenvalue weighted by Gasteiger charge is 2.21. The van der Waals surface area contributed by atoms with Gasteiger partial charge in [0.05, 0.1) is 6.33 Å². The summed E-state index contributed by atoms with van der Waals surface area (Å²) in [5.41, 5.74) is 2.38. The van der Waals surface area contributed by atoms with E-state index in [4.69, 9.17) is 0 Å². The molecule has 0 saturated heterocycles. The molecule has 0 atom stereocenters. The molecule has 0 bridgehead atoms. The SMILES string of the molecule is CCCC1CCC(c2ccc(C=CF)cc2)CC1. The molecule has 1 saturated carbocycles. The number of rotatable bonds is 4. The van der Waals surface area contributed by atoms with Gasteiger partial charge in [0, 0.05) is 0 Å². The lowest BCUT2D eigenvalue weighted by atomic mass is 9.77. The van der Waals surface area contributed by atoms with E-state index in [2.05, 4.69) is 19.1 Å². The van der Waals surface area contributed by atoms with Crippen LogP contribution in [-0.4, -0.2) is 0 Å². The van der Waals surface area contributed by atoms with E-state index in [1.54, 1.807) is 0 Å². The second-order valence-electron chi connectivity index (χ2n) is 5.47. The lowest BCUT2D eigenvalue weighted by Gasteiger charge is -2.28. The van der Waals surface area contributed by atoms with E-state index in [9.17, 15) is 4.39 Å². The van der Waals surface area contributed by atoms with Gasteiger partial charge < -0.3 is 0 Å². The maximum atomic E-state index is 12.1. The maximum absolute atomic E-state index is 12.1. The van der Waals surface area contributed by atoms with E-state index in [0.717, 1.165) is 17.4 Å². The molecule has 0 aliphatic heterocycles. The van der Waals surface area contributed by atoms with Crippen LogP contribution in [0.1, 0.15) is 62.5 Å². The van der Waals surface area contributed by atoms with E-state index in [1.807, 2.05) is 12.1 Å². The molecule has 1 aromatic carbocycles. The van der Waals surface area contributed by atoms with Crippen LogP contribution >= 0.6 is 0 Å². The van der Waals surface area contributed by atoms with Crippen LogP contribution in [0.4, 0.5) is 4.39 Å². The summed E-state index contributed by atoms with van der Waals surface area (Å²) in [5.74, 6) is 1.68. The zero-order chi connectivity index (χ0) is 12.8. The highest BCUT2D eigenvalue weighted by atomic mass is 19.1. The minimum atomic E-state index is 0.602. The van der Waals surface area contributed by atoms with Crippen LogP contribution in [0.5, 0.6) is 0 Å². The molecule has 0 nitrogen and oxygen atoms in total. The van der Waals surface area contributed by atoms with Crippen LogP contribution < -0.4 is 0 Å². The maximum Gasteiger partial charge on any atom is 0.0872 e. The van der Waals surface area contributed by atoms with Crippen LogP contribution in [0.2, 0.25) is 0 Å². The smallest absolute Gasteiger partial charge is 0.0872 e. The molecule has 0 aromatic heterocycles. The van der Waals surface area contributed by atoms with Gasteiger partial charge in [0.15, 0.2) is 0 Å². The van der Waals surface area contributed by atoms with Crippen LogP contribution in [0.15, 0.2) is 30.6 Å². The number of hydrogen-bond acceptors (Lipinski definition) is 0. The topological polar surface area (TPSA) is 0 Å². The highest BCUT2D eigenvalue weighted by molar-refractivity contribution is 5.48. The number of halogens is 1. The van der Waals surface area contributed by atoms with Crippen molar-refractivity contribution >= 4 is 6.08 Å². The van der Waals surface area contributed by atoms with Crippen LogP contribution in [0.25, 0.3) is 6.08 Å². The van der Waals surface area contributed by atoms with Gasteiger partial charge in [0.1, 0.15) is 0 Å². The van der Waals surface area contributed by atoms with Gasteiger partial charge in [0.2, 0.25) is 0 Å². The first kappa shape index (κ1) is 13.3. The van der Waals surface area contributed by atoms with Crippen molar-refractivity contribution in [1.82, 2.24) is 0 Å². The second kappa shape index (κ2) is 6.72. The van der Waals surface area contributed by atoms with Gasteiger partial charge in [-0.1, -0.05) is 44.0 Å². The van der Waals surface area contributed by atoms with Gasteiger partial charge in [-0.15, -0.1) is 0 Å². The fraction of sp³-hybridized carbons (Fsp3) is 0.529. The van der Waals surface area contributed by atoms with Crippen molar-refractivity contribution in [2.45, 2.75) is 51.4 Å². The third-order valence-electron chi connectivity index (χ3n) is 4.21. The largest absolute Gasteiger partial charge is 0.216 e. The molecule has 2 rings (SSSR count). The lowest BCUT2D eigenvalue weighted by Crippen LogP contribution is -2.13. The molecule has 0 heterocycles. The van der Waals surface area contributed by atoms with E-state index in [-0.39, 0.29) is 0 Å². The van der Waals surface area contributed by atoms with E-state index in [1.165, 1.54) is 50.2 Å². The van der Waals surface area contributed by atoms with E-state index >= 15 is 0 Å².